The van der Waals surface area contributed by atoms with Crippen LogP contribution < -0.4 is 11.1 Å². The molecule has 0 aliphatic heterocycles. The summed E-state index contributed by atoms with van der Waals surface area (Å²) in [5, 5.41) is 4.96. The number of thiophene rings is 1. The third-order valence-electron chi connectivity index (χ3n) is 3.16. The van der Waals surface area contributed by atoms with Gasteiger partial charge in [-0.05, 0) is 30.9 Å². The highest BCUT2D eigenvalue weighted by Crippen LogP contribution is 2.22. The maximum atomic E-state index is 12.3. The molecule has 0 saturated heterocycles. The maximum absolute atomic E-state index is 12.3. The third kappa shape index (κ3) is 3.03. The Morgan fingerprint density at radius 1 is 1.26 bits per heavy atom. The van der Waals surface area contributed by atoms with Gasteiger partial charge in [0.15, 0.2) is 0 Å². The van der Waals surface area contributed by atoms with E-state index >= 15 is 0 Å². The van der Waals surface area contributed by atoms with Crippen LogP contribution in [0, 0.1) is 0 Å². The molecule has 2 aromatic rings. The van der Waals surface area contributed by atoms with Gasteiger partial charge in [-0.1, -0.05) is 36.4 Å². The normalized spacial score (nSPS) is 15.5. The summed E-state index contributed by atoms with van der Waals surface area (Å²) in [6.45, 7) is 3.70. The molecule has 19 heavy (non-hydrogen) atoms. The number of nitrogens with one attached hydrogen (secondary N) is 1. The maximum Gasteiger partial charge on any atom is 0.244 e. The van der Waals surface area contributed by atoms with Gasteiger partial charge in [-0.15, -0.1) is 11.3 Å². The van der Waals surface area contributed by atoms with Crippen LogP contribution in [0.5, 0.6) is 0 Å². The van der Waals surface area contributed by atoms with Gasteiger partial charge in [0.05, 0.1) is 6.04 Å². The van der Waals surface area contributed by atoms with Gasteiger partial charge in [0, 0.05) is 4.88 Å². The fraction of sp³-hybridized carbons (Fsp3) is 0.267. The van der Waals surface area contributed by atoms with Crippen molar-refractivity contribution < 1.29 is 4.79 Å². The summed E-state index contributed by atoms with van der Waals surface area (Å²) in [6, 6.07) is 13.4. The first-order valence-electron chi connectivity index (χ1n) is 6.20. The first-order valence-corrected chi connectivity index (χ1v) is 7.08. The standard InChI is InChI=1S/C15H18N2OS/c1-11(13-9-6-10-19-13)17-14(18)15(2,16)12-7-4-3-5-8-12/h3-11H,16H2,1-2H3,(H,17,18)/t11-,15?/m1/s1. The zero-order valence-corrected chi connectivity index (χ0v) is 11.9. The highest BCUT2D eigenvalue weighted by Gasteiger charge is 2.31. The van der Waals surface area contributed by atoms with Crippen LogP contribution in [0.2, 0.25) is 0 Å². The summed E-state index contributed by atoms with van der Waals surface area (Å²) in [5.74, 6) is -0.167. The molecular weight excluding hydrogens is 256 g/mol. The van der Waals surface area contributed by atoms with Gasteiger partial charge in [-0.25, -0.2) is 0 Å². The molecule has 3 N–H and O–H groups in total. The minimum atomic E-state index is -1.02. The van der Waals surface area contributed by atoms with Crippen LogP contribution in [0.15, 0.2) is 47.8 Å². The molecule has 2 atom stereocenters. The number of hydrogen-bond acceptors (Lipinski definition) is 3. The van der Waals surface area contributed by atoms with E-state index in [4.69, 9.17) is 5.73 Å². The summed E-state index contributed by atoms with van der Waals surface area (Å²) >= 11 is 1.62. The quantitative estimate of drug-likeness (QED) is 0.900. The van der Waals surface area contributed by atoms with E-state index in [0.717, 1.165) is 10.4 Å². The summed E-state index contributed by atoms with van der Waals surface area (Å²) in [4.78, 5) is 13.5. The zero-order chi connectivity index (χ0) is 13.9. The Bertz CT molecular complexity index is 535. The van der Waals surface area contributed by atoms with Gasteiger partial charge in [-0.3, -0.25) is 4.79 Å². The molecule has 1 aromatic heterocycles. The van der Waals surface area contributed by atoms with E-state index in [9.17, 15) is 4.79 Å². The van der Waals surface area contributed by atoms with E-state index in [1.54, 1.807) is 18.3 Å². The largest absolute Gasteiger partial charge is 0.347 e. The SMILES string of the molecule is C[C@@H](NC(=O)C(C)(N)c1ccccc1)c1cccs1. The Balaban J connectivity index is 2.11. The van der Waals surface area contributed by atoms with E-state index < -0.39 is 5.54 Å². The van der Waals surface area contributed by atoms with Crippen molar-refractivity contribution in [2.75, 3.05) is 0 Å². The highest BCUT2D eigenvalue weighted by atomic mass is 32.1. The number of nitrogens with two attached hydrogens (primary N) is 1. The van der Waals surface area contributed by atoms with E-state index in [1.165, 1.54) is 0 Å². The average Bonchev–Trinajstić information content (AvgIpc) is 2.93. The van der Waals surface area contributed by atoms with E-state index in [1.807, 2.05) is 54.8 Å². The van der Waals surface area contributed by atoms with Crippen molar-refractivity contribution in [3.63, 3.8) is 0 Å². The summed E-state index contributed by atoms with van der Waals surface area (Å²) in [6.07, 6.45) is 0. The molecule has 0 radical (unpaired) electrons. The smallest absolute Gasteiger partial charge is 0.244 e. The van der Waals surface area contributed by atoms with Gasteiger partial charge in [0.25, 0.3) is 0 Å². The van der Waals surface area contributed by atoms with Gasteiger partial charge in [0.2, 0.25) is 5.91 Å². The van der Waals surface area contributed by atoms with Crippen molar-refractivity contribution >= 4 is 17.2 Å². The molecule has 4 heteroatoms. The van der Waals surface area contributed by atoms with Crippen molar-refractivity contribution in [2.45, 2.75) is 25.4 Å². The van der Waals surface area contributed by atoms with Crippen LogP contribution in [-0.4, -0.2) is 5.91 Å². The molecule has 0 fully saturated rings. The van der Waals surface area contributed by atoms with Crippen LogP contribution >= 0.6 is 11.3 Å². The molecule has 1 heterocycles. The number of carbonyl (C=O) groups is 1. The van der Waals surface area contributed by atoms with Crippen molar-refractivity contribution in [3.05, 3.63) is 58.3 Å². The second-order valence-electron chi connectivity index (χ2n) is 4.78. The Morgan fingerprint density at radius 3 is 2.53 bits per heavy atom. The second-order valence-corrected chi connectivity index (χ2v) is 5.76. The minimum absolute atomic E-state index is 0.0286. The zero-order valence-electron chi connectivity index (χ0n) is 11.1. The first kappa shape index (κ1) is 13.8. The van der Waals surface area contributed by atoms with Crippen molar-refractivity contribution in [1.82, 2.24) is 5.32 Å². The number of benzene rings is 1. The van der Waals surface area contributed by atoms with Crippen LogP contribution in [0.1, 0.15) is 30.3 Å². The van der Waals surface area contributed by atoms with Crippen LogP contribution in [0.4, 0.5) is 0 Å². The number of amides is 1. The van der Waals surface area contributed by atoms with E-state index in [2.05, 4.69) is 5.32 Å². The lowest BCUT2D eigenvalue weighted by Crippen LogP contribution is -2.49. The Hall–Kier alpha value is -1.65. The molecule has 0 bridgehead atoms. The van der Waals surface area contributed by atoms with Crippen molar-refractivity contribution in [3.8, 4) is 0 Å². The average molecular weight is 274 g/mol. The molecule has 1 unspecified atom stereocenters. The molecule has 0 saturated carbocycles. The second kappa shape index (κ2) is 5.55. The Kier molecular flexibility index (Phi) is 4.02. The van der Waals surface area contributed by atoms with Gasteiger partial charge < -0.3 is 11.1 Å². The van der Waals surface area contributed by atoms with E-state index in [0.29, 0.717) is 0 Å². The third-order valence-corrected chi connectivity index (χ3v) is 4.22. The molecule has 3 nitrogen and oxygen atoms in total. The topological polar surface area (TPSA) is 55.1 Å². The lowest BCUT2D eigenvalue weighted by Gasteiger charge is -2.26. The van der Waals surface area contributed by atoms with Crippen LogP contribution in [0.25, 0.3) is 0 Å². The van der Waals surface area contributed by atoms with Crippen LogP contribution in [-0.2, 0) is 10.3 Å². The molecule has 1 amide bonds. The fourth-order valence-electron chi connectivity index (χ4n) is 1.87. The lowest BCUT2D eigenvalue weighted by molar-refractivity contribution is -0.126. The molecule has 100 valence electrons. The van der Waals surface area contributed by atoms with Gasteiger partial charge in [-0.2, -0.15) is 0 Å². The molecular formula is C15H18N2OS. The predicted octanol–water partition coefficient (Wildman–Crippen LogP) is 2.80. The fourth-order valence-corrected chi connectivity index (χ4v) is 2.61. The number of rotatable bonds is 4. The summed E-state index contributed by atoms with van der Waals surface area (Å²) in [5.41, 5.74) is 5.96. The number of carbonyl (C=O) groups excluding carboxylic acids is 1. The molecule has 2 rings (SSSR count). The van der Waals surface area contributed by atoms with Crippen LogP contribution in [0.3, 0.4) is 0 Å². The Labute approximate surface area is 117 Å². The monoisotopic (exact) mass is 274 g/mol. The number of hydrogen-bond donors (Lipinski definition) is 2. The Morgan fingerprint density at radius 2 is 1.95 bits per heavy atom. The lowest BCUT2D eigenvalue weighted by atomic mass is 9.92. The van der Waals surface area contributed by atoms with Gasteiger partial charge in [0.1, 0.15) is 5.54 Å². The summed E-state index contributed by atoms with van der Waals surface area (Å²) in [7, 11) is 0. The minimum Gasteiger partial charge on any atom is -0.347 e. The first-order chi connectivity index (χ1) is 9.01. The van der Waals surface area contributed by atoms with Crippen molar-refractivity contribution in [2.24, 2.45) is 5.73 Å². The highest BCUT2D eigenvalue weighted by molar-refractivity contribution is 7.10. The summed E-state index contributed by atoms with van der Waals surface area (Å²) < 4.78 is 0. The molecule has 0 aliphatic carbocycles. The predicted molar refractivity (Wildman–Crippen MR) is 78.9 cm³/mol. The van der Waals surface area contributed by atoms with E-state index in [-0.39, 0.29) is 11.9 Å². The molecule has 1 aromatic carbocycles. The molecule has 0 aliphatic rings. The van der Waals surface area contributed by atoms with Crippen molar-refractivity contribution in [1.29, 1.82) is 0 Å². The molecule has 0 spiro atoms. The van der Waals surface area contributed by atoms with Gasteiger partial charge >= 0.3 is 0 Å².